The highest BCUT2D eigenvalue weighted by Crippen LogP contribution is 2.35. The van der Waals surface area contributed by atoms with E-state index in [1.807, 2.05) is 0 Å². The molecule has 1 aliphatic heterocycles. The molecule has 1 aromatic rings. The van der Waals surface area contributed by atoms with Crippen LogP contribution in [0.2, 0.25) is 0 Å². The van der Waals surface area contributed by atoms with Crippen molar-refractivity contribution in [2.45, 2.75) is 32.1 Å². The zero-order chi connectivity index (χ0) is 16.9. The third-order valence-electron chi connectivity index (χ3n) is 5.40. The first-order chi connectivity index (χ1) is 11.7. The van der Waals surface area contributed by atoms with Crippen molar-refractivity contribution in [1.29, 1.82) is 0 Å². The Morgan fingerprint density at radius 1 is 1.08 bits per heavy atom. The van der Waals surface area contributed by atoms with E-state index in [-0.39, 0.29) is 11.8 Å². The molecule has 2 amide bonds. The van der Waals surface area contributed by atoms with Gasteiger partial charge in [0, 0.05) is 24.8 Å². The van der Waals surface area contributed by atoms with Gasteiger partial charge in [0.15, 0.2) is 0 Å². The van der Waals surface area contributed by atoms with Gasteiger partial charge in [-0.1, -0.05) is 19.3 Å². The first-order valence-electron chi connectivity index (χ1n) is 9.00. The molecular weight excluding hydrogens is 302 g/mol. The molecule has 2 N–H and O–H groups in total. The van der Waals surface area contributed by atoms with Crippen LogP contribution in [0.1, 0.15) is 42.5 Å². The molecule has 2 aliphatic rings. The second kappa shape index (κ2) is 7.79. The molecule has 24 heavy (non-hydrogen) atoms. The topological polar surface area (TPSA) is 61.4 Å². The minimum Gasteiger partial charge on any atom is -0.355 e. The number of fused-ring (bicyclic) bond motifs is 1. The van der Waals surface area contributed by atoms with E-state index in [0.717, 1.165) is 30.6 Å². The zero-order valence-electron chi connectivity index (χ0n) is 14.4. The van der Waals surface area contributed by atoms with Gasteiger partial charge in [0.05, 0.1) is 6.54 Å². The van der Waals surface area contributed by atoms with Crippen molar-refractivity contribution in [3.63, 3.8) is 0 Å². The average Bonchev–Trinajstić information content (AvgIpc) is 2.61. The van der Waals surface area contributed by atoms with Crippen LogP contribution in [0.15, 0.2) is 24.3 Å². The predicted molar refractivity (Wildman–Crippen MR) is 95.0 cm³/mol. The summed E-state index contributed by atoms with van der Waals surface area (Å²) in [5.74, 6) is 1.57. The molecular formula is C19H27N3O2. The average molecular weight is 329 g/mol. The summed E-state index contributed by atoms with van der Waals surface area (Å²) in [6.45, 7) is 2.55. The number of benzene rings is 1. The molecule has 0 unspecified atom stereocenters. The fraction of sp³-hybridized carbons (Fsp3) is 0.579. The Bertz CT molecular complexity index is 585. The molecule has 2 fully saturated rings. The number of carbonyl (C=O) groups excluding carboxylic acids is 2. The highest BCUT2D eigenvalue weighted by atomic mass is 16.2. The molecule has 0 bridgehead atoms. The van der Waals surface area contributed by atoms with Gasteiger partial charge in [-0.3, -0.25) is 14.5 Å². The maximum Gasteiger partial charge on any atom is 0.251 e. The number of hydrogen-bond donors (Lipinski definition) is 2. The van der Waals surface area contributed by atoms with Crippen LogP contribution in [0.4, 0.5) is 5.69 Å². The summed E-state index contributed by atoms with van der Waals surface area (Å²) in [7, 11) is 1.60. The SMILES string of the molecule is CNC(=O)c1ccc(NC(=O)CN2CC[C@H]3CCCC[C@H]3C2)cc1. The number of amides is 2. The number of likely N-dealkylation sites (tertiary alicyclic amines) is 1. The lowest BCUT2D eigenvalue weighted by atomic mass is 9.75. The number of piperidine rings is 1. The second-order valence-electron chi connectivity index (χ2n) is 7.03. The van der Waals surface area contributed by atoms with E-state index in [9.17, 15) is 9.59 Å². The lowest BCUT2D eigenvalue weighted by Crippen LogP contribution is -2.44. The zero-order valence-corrected chi connectivity index (χ0v) is 14.4. The fourth-order valence-corrected chi connectivity index (χ4v) is 4.07. The van der Waals surface area contributed by atoms with E-state index in [1.165, 1.54) is 32.1 Å². The van der Waals surface area contributed by atoms with Gasteiger partial charge < -0.3 is 10.6 Å². The lowest BCUT2D eigenvalue weighted by molar-refractivity contribution is -0.118. The van der Waals surface area contributed by atoms with Crippen LogP contribution in [0, 0.1) is 11.8 Å². The third kappa shape index (κ3) is 4.15. The normalized spacial score (nSPS) is 24.0. The Balaban J connectivity index is 1.49. The smallest absolute Gasteiger partial charge is 0.251 e. The van der Waals surface area contributed by atoms with Crippen LogP contribution < -0.4 is 10.6 Å². The Hall–Kier alpha value is -1.88. The quantitative estimate of drug-likeness (QED) is 0.892. The van der Waals surface area contributed by atoms with Crippen molar-refractivity contribution >= 4 is 17.5 Å². The van der Waals surface area contributed by atoms with Crippen molar-refractivity contribution in [3.05, 3.63) is 29.8 Å². The maximum absolute atomic E-state index is 12.3. The van der Waals surface area contributed by atoms with Gasteiger partial charge in [-0.05, 0) is 55.5 Å². The van der Waals surface area contributed by atoms with Crippen LogP contribution in [0.25, 0.3) is 0 Å². The van der Waals surface area contributed by atoms with Crippen molar-refractivity contribution < 1.29 is 9.59 Å². The molecule has 0 spiro atoms. The molecule has 1 aliphatic carbocycles. The number of nitrogens with one attached hydrogen (secondary N) is 2. The monoisotopic (exact) mass is 329 g/mol. The molecule has 1 aromatic carbocycles. The summed E-state index contributed by atoms with van der Waals surface area (Å²) < 4.78 is 0. The van der Waals surface area contributed by atoms with E-state index in [1.54, 1.807) is 31.3 Å². The summed E-state index contributed by atoms with van der Waals surface area (Å²) in [6.07, 6.45) is 6.66. The molecule has 1 saturated carbocycles. The van der Waals surface area contributed by atoms with Crippen molar-refractivity contribution in [3.8, 4) is 0 Å². The summed E-state index contributed by atoms with van der Waals surface area (Å²) in [5.41, 5.74) is 1.33. The number of hydrogen-bond acceptors (Lipinski definition) is 3. The Labute approximate surface area is 143 Å². The van der Waals surface area contributed by atoms with Crippen molar-refractivity contribution in [2.75, 3.05) is 32.0 Å². The molecule has 5 heteroatoms. The van der Waals surface area contributed by atoms with Crippen LogP contribution >= 0.6 is 0 Å². The van der Waals surface area contributed by atoms with E-state index in [2.05, 4.69) is 15.5 Å². The van der Waals surface area contributed by atoms with Gasteiger partial charge in [-0.15, -0.1) is 0 Å². The van der Waals surface area contributed by atoms with Crippen molar-refractivity contribution in [2.24, 2.45) is 11.8 Å². The van der Waals surface area contributed by atoms with Gasteiger partial charge in [-0.25, -0.2) is 0 Å². The summed E-state index contributed by atoms with van der Waals surface area (Å²) >= 11 is 0. The summed E-state index contributed by atoms with van der Waals surface area (Å²) in [4.78, 5) is 26.1. The molecule has 1 saturated heterocycles. The third-order valence-corrected chi connectivity index (χ3v) is 5.40. The number of anilines is 1. The Morgan fingerprint density at radius 2 is 1.79 bits per heavy atom. The summed E-state index contributed by atoms with van der Waals surface area (Å²) in [6, 6.07) is 7.00. The highest BCUT2D eigenvalue weighted by molar-refractivity contribution is 5.96. The van der Waals surface area contributed by atoms with E-state index in [4.69, 9.17) is 0 Å². The first kappa shape index (κ1) is 17.0. The van der Waals surface area contributed by atoms with Gasteiger partial charge in [0.2, 0.25) is 5.91 Å². The van der Waals surface area contributed by atoms with Crippen LogP contribution in [-0.4, -0.2) is 43.4 Å². The van der Waals surface area contributed by atoms with Crippen LogP contribution in [-0.2, 0) is 4.79 Å². The Morgan fingerprint density at radius 3 is 2.50 bits per heavy atom. The largest absolute Gasteiger partial charge is 0.355 e. The molecule has 0 aromatic heterocycles. The van der Waals surface area contributed by atoms with E-state index < -0.39 is 0 Å². The predicted octanol–water partition coefficient (Wildman–Crippen LogP) is 2.50. The standard InChI is InChI=1S/C19H27N3O2/c1-20-19(24)15-6-8-17(9-7-15)21-18(23)13-22-11-10-14-4-2-3-5-16(14)12-22/h6-9,14,16H,2-5,10-13H2,1H3,(H,20,24)(H,21,23)/t14-,16+/m1/s1. The van der Waals surface area contributed by atoms with Crippen LogP contribution in [0.5, 0.6) is 0 Å². The molecule has 3 rings (SSSR count). The Kier molecular flexibility index (Phi) is 5.51. The second-order valence-corrected chi connectivity index (χ2v) is 7.03. The van der Waals surface area contributed by atoms with Crippen LogP contribution in [0.3, 0.4) is 0 Å². The summed E-state index contributed by atoms with van der Waals surface area (Å²) in [5, 5.41) is 5.52. The molecule has 2 atom stereocenters. The van der Waals surface area contributed by atoms with Gasteiger partial charge in [0.25, 0.3) is 5.91 Å². The number of rotatable bonds is 4. The van der Waals surface area contributed by atoms with Gasteiger partial charge >= 0.3 is 0 Å². The van der Waals surface area contributed by atoms with Gasteiger partial charge in [0.1, 0.15) is 0 Å². The van der Waals surface area contributed by atoms with E-state index >= 15 is 0 Å². The molecule has 5 nitrogen and oxygen atoms in total. The molecule has 1 heterocycles. The minimum absolute atomic E-state index is 0.0250. The lowest BCUT2D eigenvalue weighted by Gasteiger charge is -2.41. The molecule has 130 valence electrons. The minimum atomic E-state index is -0.122. The maximum atomic E-state index is 12.3. The highest BCUT2D eigenvalue weighted by Gasteiger charge is 2.31. The molecule has 0 radical (unpaired) electrons. The van der Waals surface area contributed by atoms with Crippen molar-refractivity contribution in [1.82, 2.24) is 10.2 Å². The fourth-order valence-electron chi connectivity index (χ4n) is 4.07. The first-order valence-corrected chi connectivity index (χ1v) is 9.00. The van der Waals surface area contributed by atoms with E-state index in [0.29, 0.717) is 12.1 Å². The number of carbonyl (C=O) groups is 2. The van der Waals surface area contributed by atoms with Gasteiger partial charge in [-0.2, -0.15) is 0 Å². The number of nitrogens with zero attached hydrogens (tertiary/aromatic N) is 1.